The lowest BCUT2D eigenvalue weighted by Gasteiger charge is -2.35. The van der Waals surface area contributed by atoms with Gasteiger partial charge in [-0.25, -0.2) is 4.98 Å². The molecule has 1 saturated heterocycles. The molecule has 0 aliphatic carbocycles. The van der Waals surface area contributed by atoms with E-state index in [1.165, 1.54) is 11.5 Å². The molecule has 1 aromatic heterocycles. The van der Waals surface area contributed by atoms with Crippen LogP contribution >= 0.6 is 11.5 Å². The number of nitrogens with zero attached hydrogens (tertiary/aromatic N) is 5. The molecule has 1 aromatic carbocycles. The van der Waals surface area contributed by atoms with Crippen LogP contribution in [0.25, 0.3) is 0 Å². The normalized spacial score (nSPS) is 19.6. The Morgan fingerprint density at radius 1 is 1.09 bits per heavy atom. The second kappa shape index (κ2) is 5.27. The molecule has 2 aliphatic heterocycles. The predicted molar refractivity (Wildman–Crippen MR) is 88.6 cm³/mol. The third kappa shape index (κ3) is 2.49. The van der Waals surface area contributed by atoms with E-state index in [2.05, 4.69) is 18.7 Å². The SMILES string of the molecule is Cc1nsc(N2CCN(C3=NS(=O)(=O)c4ccccc43)CC2)n1. The van der Waals surface area contributed by atoms with Gasteiger partial charge in [-0.15, -0.1) is 4.40 Å². The summed E-state index contributed by atoms with van der Waals surface area (Å²) in [6.07, 6.45) is 0. The number of anilines is 1. The van der Waals surface area contributed by atoms with Gasteiger partial charge >= 0.3 is 0 Å². The Kier molecular flexibility index (Phi) is 3.34. The zero-order chi connectivity index (χ0) is 16.0. The first-order chi connectivity index (χ1) is 11.0. The third-order valence-electron chi connectivity index (χ3n) is 3.98. The number of fused-ring (bicyclic) bond motifs is 1. The Labute approximate surface area is 138 Å². The van der Waals surface area contributed by atoms with Crippen LogP contribution in [0.15, 0.2) is 33.6 Å². The molecule has 0 bridgehead atoms. The van der Waals surface area contributed by atoms with Crippen molar-refractivity contribution < 1.29 is 8.42 Å². The summed E-state index contributed by atoms with van der Waals surface area (Å²) in [6, 6.07) is 7.00. The first-order valence-corrected chi connectivity index (χ1v) is 9.50. The van der Waals surface area contributed by atoms with Gasteiger partial charge in [-0.05, 0) is 19.1 Å². The van der Waals surface area contributed by atoms with E-state index in [1.807, 2.05) is 24.0 Å². The standard InChI is InChI=1S/C14H15N5O2S2/c1-10-15-14(22-16-10)19-8-6-18(7-9-19)13-11-4-2-3-5-12(11)23(20,21)17-13/h2-5H,6-9H2,1H3. The number of benzene rings is 1. The summed E-state index contributed by atoms with van der Waals surface area (Å²) in [5, 5.41) is 0.920. The number of sulfonamides is 1. The third-order valence-corrected chi connectivity index (χ3v) is 6.17. The van der Waals surface area contributed by atoms with Crippen molar-refractivity contribution in [3.63, 3.8) is 0 Å². The molecule has 0 saturated carbocycles. The Balaban J connectivity index is 1.56. The quantitative estimate of drug-likeness (QED) is 0.768. The highest BCUT2D eigenvalue weighted by atomic mass is 32.2. The van der Waals surface area contributed by atoms with Crippen molar-refractivity contribution >= 4 is 32.5 Å². The second-order valence-electron chi connectivity index (χ2n) is 5.48. The predicted octanol–water partition coefficient (Wildman–Crippen LogP) is 1.12. The van der Waals surface area contributed by atoms with E-state index in [1.54, 1.807) is 12.1 Å². The fourth-order valence-corrected chi connectivity index (χ4v) is 4.79. The molecule has 0 unspecified atom stereocenters. The fourth-order valence-electron chi connectivity index (χ4n) is 2.84. The highest BCUT2D eigenvalue weighted by Gasteiger charge is 2.33. The van der Waals surface area contributed by atoms with E-state index >= 15 is 0 Å². The molecule has 0 atom stereocenters. The summed E-state index contributed by atoms with van der Waals surface area (Å²) in [7, 11) is -3.55. The number of hydrogen-bond donors (Lipinski definition) is 0. The van der Waals surface area contributed by atoms with Gasteiger partial charge in [0, 0.05) is 43.3 Å². The molecule has 7 nitrogen and oxygen atoms in total. The molecule has 2 aromatic rings. The lowest BCUT2D eigenvalue weighted by atomic mass is 10.1. The number of hydrogen-bond acceptors (Lipinski definition) is 7. The van der Waals surface area contributed by atoms with Gasteiger partial charge in [0.05, 0.1) is 0 Å². The van der Waals surface area contributed by atoms with Crippen LogP contribution in [0.4, 0.5) is 5.13 Å². The molecule has 120 valence electrons. The van der Waals surface area contributed by atoms with Crippen molar-refractivity contribution in [2.24, 2.45) is 4.40 Å². The smallest absolute Gasteiger partial charge is 0.285 e. The van der Waals surface area contributed by atoms with Crippen LogP contribution in [0.1, 0.15) is 11.4 Å². The summed E-state index contributed by atoms with van der Waals surface area (Å²) in [5.74, 6) is 1.35. The van der Waals surface area contributed by atoms with Crippen LogP contribution < -0.4 is 4.90 Å². The Hall–Kier alpha value is -2.00. The van der Waals surface area contributed by atoms with Gasteiger partial charge in [-0.1, -0.05) is 12.1 Å². The van der Waals surface area contributed by atoms with E-state index in [-0.39, 0.29) is 0 Å². The lowest BCUT2D eigenvalue weighted by molar-refractivity contribution is 0.387. The maximum Gasteiger partial charge on any atom is 0.285 e. The number of amidine groups is 1. The van der Waals surface area contributed by atoms with Crippen LogP contribution in [-0.4, -0.2) is 54.7 Å². The van der Waals surface area contributed by atoms with Gasteiger partial charge in [-0.3, -0.25) is 0 Å². The first-order valence-electron chi connectivity index (χ1n) is 7.29. The van der Waals surface area contributed by atoms with E-state index in [0.29, 0.717) is 29.4 Å². The summed E-state index contributed by atoms with van der Waals surface area (Å²) in [6.45, 7) is 4.85. The van der Waals surface area contributed by atoms with Crippen LogP contribution in [-0.2, 0) is 10.0 Å². The molecule has 9 heteroatoms. The van der Waals surface area contributed by atoms with Crippen molar-refractivity contribution in [1.82, 2.24) is 14.3 Å². The zero-order valence-electron chi connectivity index (χ0n) is 12.5. The number of aryl methyl sites for hydroxylation is 1. The fraction of sp³-hybridized carbons (Fsp3) is 0.357. The van der Waals surface area contributed by atoms with Crippen molar-refractivity contribution in [2.75, 3.05) is 31.1 Å². The van der Waals surface area contributed by atoms with Crippen molar-refractivity contribution in [1.29, 1.82) is 0 Å². The van der Waals surface area contributed by atoms with Crippen molar-refractivity contribution in [3.8, 4) is 0 Å². The van der Waals surface area contributed by atoms with E-state index in [4.69, 9.17) is 0 Å². The van der Waals surface area contributed by atoms with Gasteiger partial charge < -0.3 is 9.80 Å². The van der Waals surface area contributed by atoms with Crippen LogP contribution in [0, 0.1) is 6.92 Å². The molecule has 0 amide bonds. The molecule has 0 N–H and O–H groups in total. The molecule has 2 aliphatic rings. The first kappa shape index (κ1) is 14.6. The van der Waals surface area contributed by atoms with Crippen LogP contribution in [0.3, 0.4) is 0 Å². The van der Waals surface area contributed by atoms with E-state index in [9.17, 15) is 8.42 Å². The molecular weight excluding hydrogens is 334 g/mol. The molecule has 0 spiro atoms. The summed E-state index contributed by atoms with van der Waals surface area (Å²) in [4.78, 5) is 8.92. The minimum Gasteiger partial charge on any atom is -0.352 e. The van der Waals surface area contributed by atoms with Gasteiger partial charge in [0.25, 0.3) is 10.0 Å². The Morgan fingerprint density at radius 2 is 1.78 bits per heavy atom. The highest BCUT2D eigenvalue weighted by molar-refractivity contribution is 7.90. The Bertz CT molecular complexity index is 882. The van der Waals surface area contributed by atoms with Crippen molar-refractivity contribution in [3.05, 3.63) is 35.7 Å². The summed E-state index contributed by atoms with van der Waals surface area (Å²) in [5.41, 5.74) is 0.702. The number of aromatic nitrogens is 2. The Morgan fingerprint density at radius 3 is 2.48 bits per heavy atom. The zero-order valence-corrected chi connectivity index (χ0v) is 14.1. The summed E-state index contributed by atoms with van der Waals surface area (Å²) < 4.78 is 32.5. The average Bonchev–Trinajstić information content (AvgIpc) is 3.10. The number of piperazine rings is 1. The minimum atomic E-state index is -3.55. The average molecular weight is 349 g/mol. The topological polar surface area (TPSA) is 78.8 Å². The molecule has 23 heavy (non-hydrogen) atoms. The van der Waals surface area contributed by atoms with Gasteiger partial charge in [0.1, 0.15) is 10.7 Å². The van der Waals surface area contributed by atoms with Gasteiger partial charge in [-0.2, -0.15) is 12.8 Å². The largest absolute Gasteiger partial charge is 0.352 e. The lowest BCUT2D eigenvalue weighted by Crippen LogP contribution is -2.48. The monoisotopic (exact) mass is 349 g/mol. The van der Waals surface area contributed by atoms with Gasteiger partial charge in [0.2, 0.25) is 5.13 Å². The molecule has 3 heterocycles. The highest BCUT2D eigenvalue weighted by Crippen LogP contribution is 2.28. The van der Waals surface area contributed by atoms with Gasteiger partial charge in [0.15, 0.2) is 5.84 Å². The molecule has 4 rings (SSSR count). The maximum atomic E-state index is 12.2. The maximum absolute atomic E-state index is 12.2. The minimum absolute atomic E-state index is 0.303. The van der Waals surface area contributed by atoms with Crippen LogP contribution in [0.5, 0.6) is 0 Å². The summed E-state index contributed by atoms with van der Waals surface area (Å²) >= 11 is 1.40. The number of rotatable bonds is 1. The second-order valence-corrected chi connectivity index (χ2v) is 7.79. The van der Waals surface area contributed by atoms with E-state index < -0.39 is 10.0 Å². The van der Waals surface area contributed by atoms with E-state index in [0.717, 1.165) is 24.0 Å². The molecule has 0 radical (unpaired) electrons. The van der Waals surface area contributed by atoms with Crippen molar-refractivity contribution in [2.45, 2.75) is 11.8 Å². The molecule has 1 fully saturated rings. The molecular formula is C14H15N5O2S2. The van der Waals surface area contributed by atoms with Crippen LogP contribution in [0.2, 0.25) is 0 Å².